The van der Waals surface area contributed by atoms with E-state index in [0.29, 0.717) is 10.6 Å². The third-order valence-electron chi connectivity index (χ3n) is 5.20. The van der Waals surface area contributed by atoms with Gasteiger partial charge in [0.2, 0.25) is 5.91 Å². The number of hydrogen-bond donors (Lipinski definition) is 1. The molecule has 0 radical (unpaired) electrons. The van der Waals surface area contributed by atoms with Crippen molar-refractivity contribution in [2.45, 2.75) is 62.9 Å². The van der Waals surface area contributed by atoms with Gasteiger partial charge in [-0.05, 0) is 56.5 Å². The van der Waals surface area contributed by atoms with Crippen LogP contribution < -0.4 is 5.32 Å². The first-order chi connectivity index (χ1) is 14.6. The number of aromatic nitrogens is 3. The summed E-state index contributed by atoms with van der Waals surface area (Å²) < 4.78 is 2.04. The van der Waals surface area contributed by atoms with E-state index in [-0.39, 0.29) is 11.2 Å². The molecule has 0 aromatic carbocycles. The molecule has 3 aromatic heterocycles. The number of nitriles is 1. The maximum atomic E-state index is 12.9. The average molecular weight is 458 g/mol. The highest BCUT2D eigenvalue weighted by atomic mass is 32.2. The zero-order valence-corrected chi connectivity index (χ0v) is 19.4. The summed E-state index contributed by atoms with van der Waals surface area (Å²) in [5.41, 5.74) is 1.79. The number of amides is 1. The first-order valence-corrected chi connectivity index (χ1v) is 12.7. The van der Waals surface area contributed by atoms with Crippen molar-refractivity contribution in [1.82, 2.24) is 14.8 Å². The maximum absolute atomic E-state index is 12.9. The smallest absolute Gasteiger partial charge is 0.238 e. The molecule has 156 valence electrons. The average Bonchev–Trinajstić information content (AvgIpc) is 3.43. The topological polar surface area (TPSA) is 83.6 Å². The molecule has 1 atom stereocenters. The SMILES string of the molecule is CCn1c(SC(C)C(=O)Nc2sc3c(c2C#N)CCCCC3)nnc1-c1cccs1. The minimum Gasteiger partial charge on any atom is -0.316 e. The monoisotopic (exact) mass is 457 g/mol. The molecule has 3 heterocycles. The highest BCUT2D eigenvalue weighted by Crippen LogP contribution is 2.37. The molecule has 6 nitrogen and oxygen atoms in total. The molecule has 3 aromatic rings. The molecule has 1 unspecified atom stereocenters. The second-order valence-corrected chi connectivity index (χ2v) is 10.5. The van der Waals surface area contributed by atoms with Crippen LogP contribution in [0.3, 0.4) is 0 Å². The number of carbonyl (C=O) groups excluding carboxylic acids is 1. The molecule has 0 aliphatic heterocycles. The van der Waals surface area contributed by atoms with E-state index in [1.165, 1.54) is 23.1 Å². The van der Waals surface area contributed by atoms with E-state index in [1.807, 2.05) is 35.9 Å². The number of thioether (sulfide) groups is 1. The van der Waals surface area contributed by atoms with Gasteiger partial charge in [-0.2, -0.15) is 5.26 Å². The van der Waals surface area contributed by atoms with Gasteiger partial charge in [-0.15, -0.1) is 32.9 Å². The second-order valence-electron chi connectivity index (χ2n) is 7.16. The van der Waals surface area contributed by atoms with Crippen LogP contribution in [0.5, 0.6) is 0 Å². The second kappa shape index (κ2) is 9.33. The lowest BCUT2D eigenvalue weighted by atomic mass is 10.1. The van der Waals surface area contributed by atoms with Crippen molar-refractivity contribution in [1.29, 1.82) is 5.26 Å². The Kier molecular flexibility index (Phi) is 6.56. The van der Waals surface area contributed by atoms with Gasteiger partial charge in [0, 0.05) is 11.4 Å². The number of aryl methyl sites for hydroxylation is 1. The van der Waals surface area contributed by atoms with Crippen molar-refractivity contribution < 1.29 is 4.79 Å². The van der Waals surface area contributed by atoms with E-state index in [2.05, 4.69) is 21.6 Å². The van der Waals surface area contributed by atoms with Crippen LogP contribution in [0.25, 0.3) is 10.7 Å². The summed E-state index contributed by atoms with van der Waals surface area (Å²) in [4.78, 5) is 15.2. The highest BCUT2D eigenvalue weighted by Gasteiger charge is 2.24. The predicted molar refractivity (Wildman–Crippen MR) is 123 cm³/mol. The molecule has 1 N–H and O–H groups in total. The molecular weight excluding hydrogens is 434 g/mol. The molecule has 1 aliphatic carbocycles. The predicted octanol–water partition coefficient (Wildman–Crippen LogP) is 5.35. The summed E-state index contributed by atoms with van der Waals surface area (Å²) in [6.07, 6.45) is 5.39. The minimum absolute atomic E-state index is 0.115. The summed E-state index contributed by atoms with van der Waals surface area (Å²) in [5, 5.41) is 24.4. The molecule has 9 heteroatoms. The third-order valence-corrected chi connectivity index (χ3v) is 8.35. The van der Waals surface area contributed by atoms with Crippen molar-refractivity contribution >= 4 is 45.3 Å². The van der Waals surface area contributed by atoms with Crippen LogP contribution in [-0.2, 0) is 24.2 Å². The van der Waals surface area contributed by atoms with Crippen LogP contribution in [0.15, 0.2) is 22.7 Å². The molecular formula is C21H23N5OS3. The van der Waals surface area contributed by atoms with Crippen LogP contribution in [-0.4, -0.2) is 25.9 Å². The highest BCUT2D eigenvalue weighted by molar-refractivity contribution is 8.00. The van der Waals surface area contributed by atoms with Crippen LogP contribution >= 0.6 is 34.4 Å². The van der Waals surface area contributed by atoms with Gasteiger partial charge in [0.1, 0.15) is 11.1 Å². The lowest BCUT2D eigenvalue weighted by molar-refractivity contribution is -0.115. The van der Waals surface area contributed by atoms with Gasteiger partial charge in [-0.3, -0.25) is 4.79 Å². The van der Waals surface area contributed by atoms with Gasteiger partial charge in [0.05, 0.1) is 15.7 Å². The van der Waals surface area contributed by atoms with E-state index in [1.54, 1.807) is 22.7 Å². The Morgan fingerprint density at radius 3 is 2.93 bits per heavy atom. The van der Waals surface area contributed by atoms with Crippen LogP contribution in [0.4, 0.5) is 5.00 Å². The van der Waals surface area contributed by atoms with Crippen molar-refractivity contribution in [3.05, 3.63) is 33.5 Å². The van der Waals surface area contributed by atoms with E-state index in [4.69, 9.17) is 0 Å². The number of thiophene rings is 2. The molecule has 0 saturated heterocycles. The molecule has 30 heavy (non-hydrogen) atoms. The largest absolute Gasteiger partial charge is 0.316 e. The molecule has 1 amide bonds. The number of anilines is 1. The van der Waals surface area contributed by atoms with Crippen molar-refractivity contribution in [2.24, 2.45) is 0 Å². The van der Waals surface area contributed by atoms with Gasteiger partial charge >= 0.3 is 0 Å². The number of rotatable bonds is 6. The third kappa shape index (κ3) is 4.17. The minimum atomic E-state index is -0.357. The fourth-order valence-corrected chi connectivity index (χ4v) is 6.50. The van der Waals surface area contributed by atoms with Gasteiger partial charge < -0.3 is 9.88 Å². The Balaban J connectivity index is 1.50. The molecule has 4 rings (SSSR count). The lowest BCUT2D eigenvalue weighted by Gasteiger charge is -2.12. The van der Waals surface area contributed by atoms with Crippen molar-refractivity contribution in [3.63, 3.8) is 0 Å². The molecule has 0 saturated carbocycles. The molecule has 0 bridgehead atoms. The zero-order chi connectivity index (χ0) is 21.1. The number of hydrogen-bond acceptors (Lipinski definition) is 7. The Hall–Kier alpha value is -2.15. The summed E-state index contributed by atoms with van der Waals surface area (Å²) in [7, 11) is 0. The Bertz CT molecular complexity index is 1080. The van der Waals surface area contributed by atoms with E-state index in [0.717, 1.165) is 53.6 Å². The Labute approximate surface area is 188 Å². The Morgan fingerprint density at radius 1 is 1.37 bits per heavy atom. The first-order valence-electron chi connectivity index (χ1n) is 10.1. The van der Waals surface area contributed by atoms with E-state index < -0.39 is 0 Å². The van der Waals surface area contributed by atoms with Gasteiger partial charge in [0.25, 0.3) is 0 Å². The lowest BCUT2D eigenvalue weighted by Crippen LogP contribution is -2.23. The zero-order valence-electron chi connectivity index (χ0n) is 17.0. The number of fused-ring (bicyclic) bond motifs is 1. The maximum Gasteiger partial charge on any atom is 0.238 e. The normalized spacial score (nSPS) is 14.6. The number of carbonyl (C=O) groups is 1. The van der Waals surface area contributed by atoms with Crippen molar-refractivity contribution in [3.8, 4) is 16.8 Å². The summed E-state index contributed by atoms with van der Waals surface area (Å²) in [5.74, 6) is 0.715. The van der Waals surface area contributed by atoms with Gasteiger partial charge in [-0.25, -0.2) is 0 Å². The number of nitrogens with zero attached hydrogens (tertiary/aromatic N) is 4. The summed E-state index contributed by atoms with van der Waals surface area (Å²) in [6.45, 7) is 4.64. The van der Waals surface area contributed by atoms with E-state index in [9.17, 15) is 10.1 Å². The fourth-order valence-electron chi connectivity index (χ4n) is 3.62. The molecule has 1 aliphatic rings. The van der Waals surface area contributed by atoms with Gasteiger partial charge in [-0.1, -0.05) is 24.2 Å². The summed E-state index contributed by atoms with van der Waals surface area (Å²) in [6, 6.07) is 6.34. The van der Waals surface area contributed by atoms with Gasteiger partial charge in [0.15, 0.2) is 11.0 Å². The molecule has 0 fully saturated rings. The van der Waals surface area contributed by atoms with Crippen LogP contribution in [0.1, 0.15) is 49.1 Å². The standard InChI is InChI=1S/C21H23N5OS3/c1-3-26-18(17-10-7-11-28-17)24-25-21(26)29-13(2)19(27)23-20-15(12-22)14-8-5-4-6-9-16(14)30-20/h7,10-11,13H,3-6,8-9H2,1-2H3,(H,23,27). The van der Waals surface area contributed by atoms with Crippen molar-refractivity contribution in [2.75, 3.05) is 5.32 Å². The number of nitrogens with one attached hydrogen (secondary N) is 1. The van der Waals surface area contributed by atoms with E-state index >= 15 is 0 Å². The quantitative estimate of drug-likeness (QED) is 0.398. The first kappa shape index (κ1) is 21.1. The molecule has 0 spiro atoms. The Morgan fingerprint density at radius 2 is 2.20 bits per heavy atom. The fraction of sp³-hybridized carbons (Fsp3) is 0.429. The van der Waals surface area contributed by atoms with Crippen LogP contribution in [0, 0.1) is 11.3 Å². The van der Waals surface area contributed by atoms with Crippen LogP contribution in [0.2, 0.25) is 0 Å². The summed E-state index contributed by atoms with van der Waals surface area (Å²) >= 11 is 4.59.